The van der Waals surface area contributed by atoms with Crippen molar-refractivity contribution < 1.29 is 18.3 Å². The third-order valence-corrected chi connectivity index (χ3v) is 2.83. The van der Waals surface area contributed by atoms with Crippen LogP contribution in [0.25, 0.3) is 0 Å². The zero-order valence-corrected chi connectivity index (χ0v) is 11.2. The molecular formula is C14H19F2NO2. The molecule has 1 atom stereocenters. The lowest BCUT2D eigenvalue weighted by Crippen LogP contribution is -2.28. The fourth-order valence-electron chi connectivity index (χ4n) is 1.83. The van der Waals surface area contributed by atoms with E-state index in [4.69, 9.17) is 4.74 Å². The first-order valence-electron chi connectivity index (χ1n) is 6.31. The molecule has 0 spiro atoms. The fraction of sp³-hybridized carbons (Fsp3) is 0.500. The van der Waals surface area contributed by atoms with E-state index in [1.807, 2.05) is 6.92 Å². The number of ether oxygens (including phenoxy) is 1. The van der Waals surface area contributed by atoms with E-state index in [1.54, 1.807) is 7.11 Å². The van der Waals surface area contributed by atoms with Crippen LogP contribution in [-0.2, 0) is 9.53 Å². The quantitative estimate of drug-likeness (QED) is 0.774. The van der Waals surface area contributed by atoms with Gasteiger partial charge < -0.3 is 10.1 Å². The highest BCUT2D eigenvalue weighted by Gasteiger charge is 2.16. The zero-order chi connectivity index (χ0) is 14.3. The molecule has 0 heterocycles. The van der Waals surface area contributed by atoms with Crippen molar-refractivity contribution in [1.82, 2.24) is 5.32 Å². The summed E-state index contributed by atoms with van der Waals surface area (Å²) >= 11 is 0. The Labute approximate surface area is 112 Å². The first-order chi connectivity index (χ1) is 9.08. The molecule has 0 bridgehead atoms. The number of benzene rings is 1. The molecule has 1 N–H and O–H groups in total. The maximum Gasteiger partial charge on any atom is 0.220 e. The molecule has 5 heteroatoms. The van der Waals surface area contributed by atoms with Gasteiger partial charge in [-0.25, -0.2) is 8.78 Å². The van der Waals surface area contributed by atoms with Crippen LogP contribution >= 0.6 is 0 Å². The van der Waals surface area contributed by atoms with Crippen molar-refractivity contribution in [3.05, 3.63) is 35.4 Å². The topological polar surface area (TPSA) is 38.3 Å². The van der Waals surface area contributed by atoms with Crippen molar-refractivity contribution in [2.24, 2.45) is 0 Å². The van der Waals surface area contributed by atoms with Gasteiger partial charge in [-0.2, -0.15) is 0 Å². The van der Waals surface area contributed by atoms with Crippen LogP contribution in [0.4, 0.5) is 8.78 Å². The summed E-state index contributed by atoms with van der Waals surface area (Å²) in [4.78, 5) is 11.7. The Morgan fingerprint density at radius 3 is 2.74 bits per heavy atom. The molecule has 1 rings (SSSR count). The molecule has 1 unspecified atom stereocenters. The van der Waals surface area contributed by atoms with Crippen LogP contribution in [0.15, 0.2) is 18.2 Å². The number of carbonyl (C=O) groups excluding carboxylic acids is 1. The Morgan fingerprint density at radius 2 is 2.16 bits per heavy atom. The van der Waals surface area contributed by atoms with E-state index in [2.05, 4.69) is 5.32 Å². The number of amides is 1. The summed E-state index contributed by atoms with van der Waals surface area (Å²) in [6, 6.07) is 2.96. The summed E-state index contributed by atoms with van der Waals surface area (Å²) in [5.41, 5.74) is 0.309. The Balaban J connectivity index is 2.64. The van der Waals surface area contributed by atoms with E-state index in [0.717, 1.165) is 6.07 Å². The van der Waals surface area contributed by atoms with Gasteiger partial charge in [0, 0.05) is 31.8 Å². The number of rotatable bonds is 7. The summed E-state index contributed by atoms with van der Waals surface area (Å²) < 4.78 is 31.3. The average molecular weight is 271 g/mol. The van der Waals surface area contributed by atoms with E-state index < -0.39 is 17.7 Å². The Kier molecular flexibility index (Phi) is 6.42. The minimum atomic E-state index is -0.635. The van der Waals surface area contributed by atoms with Crippen LogP contribution in [0.5, 0.6) is 0 Å². The number of carbonyl (C=O) groups is 1. The second-order valence-corrected chi connectivity index (χ2v) is 4.29. The molecule has 0 aliphatic rings. The molecule has 0 aliphatic heterocycles. The minimum absolute atomic E-state index is 0.160. The molecule has 0 radical (unpaired) electrons. The monoisotopic (exact) mass is 271 g/mol. The normalized spacial score (nSPS) is 12.2. The summed E-state index contributed by atoms with van der Waals surface area (Å²) in [6.07, 6.45) is 1.48. The molecule has 0 saturated heterocycles. The molecule has 0 saturated carbocycles. The maximum atomic E-state index is 13.6. The zero-order valence-electron chi connectivity index (χ0n) is 11.2. The lowest BCUT2D eigenvalue weighted by atomic mass is 10.0. The van der Waals surface area contributed by atoms with E-state index in [0.29, 0.717) is 31.4 Å². The van der Waals surface area contributed by atoms with Gasteiger partial charge in [0.15, 0.2) is 0 Å². The van der Waals surface area contributed by atoms with Gasteiger partial charge in [0.2, 0.25) is 5.91 Å². The number of halogens is 2. The number of methoxy groups -OCH3 is 1. The molecule has 0 aliphatic carbocycles. The molecule has 1 aromatic rings. The largest absolute Gasteiger partial charge is 0.385 e. The van der Waals surface area contributed by atoms with Crippen LogP contribution in [-0.4, -0.2) is 19.6 Å². The Bertz CT molecular complexity index is 424. The molecular weight excluding hydrogens is 252 g/mol. The van der Waals surface area contributed by atoms with E-state index in [-0.39, 0.29) is 5.91 Å². The van der Waals surface area contributed by atoms with Gasteiger partial charge in [0.05, 0.1) is 6.04 Å². The van der Waals surface area contributed by atoms with Gasteiger partial charge in [-0.1, -0.05) is 13.0 Å². The van der Waals surface area contributed by atoms with Crippen LogP contribution < -0.4 is 5.32 Å². The standard InChI is InChI=1S/C14H19F2NO2/c1-3-13(17-14(18)5-4-8-19-2)11-7-6-10(15)9-12(11)16/h6-7,9,13H,3-5,8H2,1-2H3,(H,17,18). The molecule has 1 aromatic carbocycles. The predicted octanol–water partition coefficient (Wildman–Crippen LogP) is 2.96. The van der Waals surface area contributed by atoms with Crippen molar-refractivity contribution >= 4 is 5.91 Å². The third kappa shape index (κ3) is 4.95. The average Bonchev–Trinajstić information content (AvgIpc) is 2.37. The lowest BCUT2D eigenvalue weighted by molar-refractivity contribution is -0.122. The summed E-state index contributed by atoms with van der Waals surface area (Å²) in [5.74, 6) is -1.42. The van der Waals surface area contributed by atoms with Gasteiger partial charge >= 0.3 is 0 Å². The lowest BCUT2D eigenvalue weighted by Gasteiger charge is -2.18. The van der Waals surface area contributed by atoms with Gasteiger partial charge in [0.1, 0.15) is 11.6 Å². The fourth-order valence-corrected chi connectivity index (χ4v) is 1.83. The Morgan fingerprint density at radius 1 is 1.42 bits per heavy atom. The van der Waals surface area contributed by atoms with Gasteiger partial charge in [-0.05, 0) is 18.9 Å². The number of nitrogens with one attached hydrogen (secondary N) is 1. The SMILES string of the molecule is CCC(NC(=O)CCCOC)c1ccc(F)cc1F. The summed E-state index contributed by atoms with van der Waals surface area (Å²) in [7, 11) is 1.57. The van der Waals surface area contributed by atoms with E-state index >= 15 is 0 Å². The van der Waals surface area contributed by atoms with Crippen molar-refractivity contribution in [2.75, 3.05) is 13.7 Å². The molecule has 19 heavy (non-hydrogen) atoms. The van der Waals surface area contributed by atoms with Gasteiger partial charge in [-0.3, -0.25) is 4.79 Å². The van der Waals surface area contributed by atoms with Crippen LogP contribution in [0.2, 0.25) is 0 Å². The van der Waals surface area contributed by atoms with Gasteiger partial charge in [-0.15, -0.1) is 0 Å². The van der Waals surface area contributed by atoms with Crippen LogP contribution in [0.3, 0.4) is 0 Å². The minimum Gasteiger partial charge on any atom is -0.385 e. The molecule has 0 aromatic heterocycles. The summed E-state index contributed by atoms with van der Waals surface area (Å²) in [6.45, 7) is 2.35. The highest BCUT2D eigenvalue weighted by atomic mass is 19.1. The third-order valence-electron chi connectivity index (χ3n) is 2.83. The van der Waals surface area contributed by atoms with Crippen molar-refractivity contribution in [3.8, 4) is 0 Å². The highest BCUT2D eigenvalue weighted by Crippen LogP contribution is 2.21. The predicted molar refractivity (Wildman–Crippen MR) is 68.6 cm³/mol. The maximum absolute atomic E-state index is 13.6. The second-order valence-electron chi connectivity index (χ2n) is 4.29. The molecule has 1 amide bonds. The van der Waals surface area contributed by atoms with Crippen molar-refractivity contribution in [1.29, 1.82) is 0 Å². The molecule has 106 valence electrons. The van der Waals surface area contributed by atoms with Crippen LogP contribution in [0.1, 0.15) is 37.8 Å². The van der Waals surface area contributed by atoms with Crippen molar-refractivity contribution in [3.63, 3.8) is 0 Å². The number of hydrogen-bond acceptors (Lipinski definition) is 2. The Hall–Kier alpha value is -1.49. The summed E-state index contributed by atoms with van der Waals surface area (Å²) in [5, 5.41) is 2.75. The molecule has 0 fully saturated rings. The second kappa shape index (κ2) is 7.84. The molecule has 3 nitrogen and oxygen atoms in total. The van der Waals surface area contributed by atoms with Gasteiger partial charge in [0.25, 0.3) is 0 Å². The first kappa shape index (κ1) is 15.6. The van der Waals surface area contributed by atoms with E-state index in [9.17, 15) is 13.6 Å². The number of hydrogen-bond donors (Lipinski definition) is 1. The first-order valence-corrected chi connectivity index (χ1v) is 6.31. The van der Waals surface area contributed by atoms with Crippen molar-refractivity contribution in [2.45, 2.75) is 32.2 Å². The smallest absolute Gasteiger partial charge is 0.220 e. The van der Waals surface area contributed by atoms with Crippen LogP contribution in [0, 0.1) is 11.6 Å². The van der Waals surface area contributed by atoms with E-state index in [1.165, 1.54) is 12.1 Å². The highest BCUT2D eigenvalue weighted by molar-refractivity contribution is 5.76.